The van der Waals surface area contributed by atoms with Gasteiger partial charge in [0.15, 0.2) is 11.5 Å². The van der Waals surface area contributed by atoms with Crippen molar-refractivity contribution in [3.05, 3.63) is 153 Å². The van der Waals surface area contributed by atoms with Crippen LogP contribution in [0.1, 0.15) is 66.8 Å². The maximum absolute atomic E-state index is 13.3. The van der Waals surface area contributed by atoms with Gasteiger partial charge in [-0.15, -0.1) is 0 Å². The quantitative estimate of drug-likeness (QED) is 0.136. The van der Waals surface area contributed by atoms with E-state index >= 15 is 0 Å². The highest BCUT2D eigenvalue weighted by atomic mass is 35.5. The zero-order valence-corrected chi connectivity index (χ0v) is 31.5. The van der Waals surface area contributed by atoms with E-state index in [-0.39, 0.29) is 17.7 Å². The molecular formula is C41H35Cl3N4O6. The van der Waals surface area contributed by atoms with Crippen molar-refractivity contribution in [1.82, 2.24) is 5.01 Å². The Morgan fingerprint density at radius 3 is 1.83 bits per heavy atom. The smallest absolute Gasteiger partial charge is 0.273 e. The van der Waals surface area contributed by atoms with E-state index < -0.39 is 5.24 Å². The third-order valence-corrected chi connectivity index (χ3v) is 8.68. The molecule has 276 valence electrons. The predicted octanol–water partition coefficient (Wildman–Crippen LogP) is 9.61. The lowest BCUT2D eigenvalue weighted by Crippen LogP contribution is -2.32. The zero-order valence-electron chi connectivity index (χ0n) is 29.3. The summed E-state index contributed by atoms with van der Waals surface area (Å²) in [7, 11) is 1.59. The Kier molecular flexibility index (Phi) is 13.8. The van der Waals surface area contributed by atoms with Crippen molar-refractivity contribution < 1.29 is 28.7 Å². The highest BCUT2D eigenvalue weighted by Gasteiger charge is 2.22. The van der Waals surface area contributed by atoms with Gasteiger partial charge in [-0.3, -0.25) is 19.2 Å². The summed E-state index contributed by atoms with van der Waals surface area (Å²) in [4.78, 5) is 49.0. The molecule has 6 rings (SSSR count). The molecule has 0 aromatic heterocycles. The first-order chi connectivity index (χ1) is 26.0. The standard InChI is InChI=1S/C34H31ClN4O5.C7H4Cl2O/c1-3-44-31-21-24(13-18-30(31)43-2)29-8-5-19-39(38-29)34(42)23-11-16-28(17-12-23)36-32(40)22-9-14-27(15-10-22)37-33(41)25-6-4-7-26(35)20-25;8-6-3-1-2-5(4-6)7(9)10/h4,6-7,9-18,20-21H,3,5,8,19H2,1-2H3,(H,36,40)(H,37,41);1-4H. The van der Waals surface area contributed by atoms with Crippen LogP contribution in [0.25, 0.3) is 0 Å². The van der Waals surface area contributed by atoms with Crippen LogP contribution in [0, 0.1) is 0 Å². The van der Waals surface area contributed by atoms with Crippen LogP contribution in [0.3, 0.4) is 0 Å². The lowest BCUT2D eigenvalue weighted by atomic mass is 10.0. The number of ether oxygens (including phenoxy) is 2. The lowest BCUT2D eigenvalue weighted by molar-refractivity contribution is 0.0751. The monoisotopic (exact) mass is 784 g/mol. The SMILES string of the molecule is CCOc1cc(C2=NN(C(=O)c3ccc(NC(=O)c4ccc(NC(=O)c5cccc(Cl)c5)cc4)cc3)CCC2)ccc1OC.O=C(Cl)c1cccc(Cl)c1. The van der Waals surface area contributed by atoms with E-state index in [1.54, 1.807) is 98.1 Å². The fraction of sp³-hybridized carbons (Fsp3) is 0.146. The number of methoxy groups -OCH3 is 1. The second-order valence-electron chi connectivity index (χ2n) is 11.7. The Labute approximate surface area is 327 Å². The first-order valence-electron chi connectivity index (χ1n) is 16.8. The minimum atomic E-state index is -0.484. The summed E-state index contributed by atoms with van der Waals surface area (Å²) in [6.07, 6.45) is 1.51. The summed E-state index contributed by atoms with van der Waals surface area (Å²) in [5.74, 6) is 0.416. The molecule has 5 aromatic rings. The minimum absolute atomic E-state index is 0.228. The van der Waals surface area contributed by atoms with E-state index in [1.165, 1.54) is 11.1 Å². The van der Waals surface area contributed by atoms with Gasteiger partial charge in [0, 0.05) is 55.8 Å². The second-order valence-corrected chi connectivity index (χ2v) is 13.0. The van der Waals surface area contributed by atoms with Crippen LogP contribution >= 0.6 is 34.8 Å². The molecule has 0 aliphatic carbocycles. The van der Waals surface area contributed by atoms with Crippen LogP contribution in [0.2, 0.25) is 10.0 Å². The largest absolute Gasteiger partial charge is 0.493 e. The molecule has 0 bridgehead atoms. The van der Waals surface area contributed by atoms with Crippen molar-refractivity contribution in [1.29, 1.82) is 0 Å². The first kappa shape index (κ1) is 39.5. The third kappa shape index (κ3) is 10.7. The van der Waals surface area contributed by atoms with Crippen molar-refractivity contribution in [2.75, 3.05) is 30.9 Å². The Balaban J connectivity index is 0.000000486. The average Bonchev–Trinajstić information content (AvgIpc) is 3.18. The van der Waals surface area contributed by atoms with Crippen LogP contribution < -0.4 is 20.1 Å². The molecule has 13 heteroatoms. The van der Waals surface area contributed by atoms with E-state index in [4.69, 9.17) is 44.3 Å². The molecule has 0 fully saturated rings. The van der Waals surface area contributed by atoms with Gasteiger partial charge in [-0.25, -0.2) is 5.01 Å². The van der Waals surface area contributed by atoms with E-state index in [0.717, 1.165) is 24.1 Å². The maximum Gasteiger partial charge on any atom is 0.273 e. The molecule has 0 atom stereocenters. The molecule has 0 saturated carbocycles. The van der Waals surface area contributed by atoms with E-state index in [9.17, 15) is 19.2 Å². The molecule has 0 radical (unpaired) electrons. The van der Waals surface area contributed by atoms with Crippen LogP contribution in [0.15, 0.2) is 120 Å². The summed E-state index contributed by atoms with van der Waals surface area (Å²) in [5.41, 5.74) is 4.48. The molecule has 0 spiro atoms. The van der Waals surface area contributed by atoms with E-state index in [1.807, 2.05) is 25.1 Å². The molecule has 10 nitrogen and oxygen atoms in total. The Bertz CT molecular complexity index is 2180. The average molecular weight is 786 g/mol. The van der Waals surface area contributed by atoms with Gasteiger partial charge in [-0.05, 0) is 134 Å². The molecule has 1 heterocycles. The van der Waals surface area contributed by atoms with Gasteiger partial charge in [0.05, 0.1) is 19.4 Å². The highest BCUT2D eigenvalue weighted by molar-refractivity contribution is 6.67. The minimum Gasteiger partial charge on any atom is -0.493 e. The Hall–Kier alpha value is -5.68. The van der Waals surface area contributed by atoms with Crippen molar-refractivity contribution in [3.63, 3.8) is 0 Å². The lowest BCUT2D eigenvalue weighted by Gasteiger charge is -2.24. The van der Waals surface area contributed by atoms with Gasteiger partial charge in [0.1, 0.15) is 0 Å². The number of benzene rings is 5. The molecule has 1 aliphatic heterocycles. The Morgan fingerprint density at radius 2 is 1.28 bits per heavy atom. The number of halogens is 3. The number of amides is 3. The van der Waals surface area contributed by atoms with Gasteiger partial charge in [-0.1, -0.05) is 35.3 Å². The van der Waals surface area contributed by atoms with Crippen molar-refractivity contribution in [3.8, 4) is 11.5 Å². The molecule has 54 heavy (non-hydrogen) atoms. The molecule has 3 amide bonds. The fourth-order valence-electron chi connectivity index (χ4n) is 5.31. The Morgan fingerprint density at radius 1 is 0.704 bits per heavy atom. The van der Waals surface area contributed by atoms with Crippen LogP contribution in [-0.4, -0.2) is 53.9 Å². The van der Waals surface area contributed by atoms with Crippen molar-refractivity contribution in [2.24, 2.45) is 5.10 Å². The van der Waals surface area contributed by atoms with Crippen molar-refractivity contribution in [2.45, 2.75) is 19.8 Å². The van der Waals surface area contributed by atoms with Gasteiger partial charge in [0.25, 0.3) is 23.0 Å². The number of hydrogen-bond acceptors (Lipinski definition) is 7. The summed E-state index contributed by atoms with van der Waals surface area (Å²) in [5, 5.41) is 12.2. The van der Waals surface area contributed by atoms with Crippen molar-refractivity contribution >= 4 is 74.9 Å². The number of anilines is 2. The molecule has 0 unspecified atom stereocenters. The molecule has 0 saturated heterocycles. The molecule has 5 aromatic carbocycles. The third-order valence-electron chi connectivity index (χ3n) is 7.99. The summed E-state index contributed by atoms with van der Waals surface area (Å²) in [6.45, 7) is 2.92. The number of hydrogen-bond donors (Lipinski definition) is 2. The number of nitrogens with one attached hydrogen (secondary N) is 2. The fourth-order valence-corrected chi connectivity index (χ4v) is 5.81. The van der Waals surface area contributed by atoms with Crippen LogP contribution in [0.4, 0.5) is 11.4 Å². The predicted molar refractivity (Wildman–Crippen MR) is 213 cm³/mol. The number of carbonyl (C=O) groups is 4. The van der Waals surface area contributed by atoms with E-state index in [0.29, 0.717) is 68.3 Å². The zero-order chi connectivity index (χ0) is 38.6. The summed E-state index contributed by atoms with van der Waals surface area (Å²) in [6, 6.07) is 32.0. The van der Waals surface area contributed by atoms with Gasteiger partial charge in [0.2, 0.25) is 0 Å². The maximum atomic E-state index is 13.3. The highest BCUT2D eigenvalue weighted by Crippen LogP contribution is 2.30. The number of hydrazone groups is 1. The topological polar surface area (TPSA) is 126 Å². The normalized spacial score (nSPS) is 12.0. The number of rotatable bonds is 10. The number of nitrogens with zero attached hydrogens (tertiary/aromatic N) is 2. The molecular weight excluding hydrogens is 751 g/mol. The second kappa shape index (κ2) is 18.9. The van der Waals surface area contributed by atoms with Gasteiger partial charge >= 0.3 is 0 Å². The summed E-state index contributed by atoms with van der Waals surface area (Å²) < 4.78 is 11.1. The van der Waals surface area contributed by atoms with Gasteiger partial charge < -0.3 is 20.1 Å². The number of carbonyl (C=O) groups excluding carboxylic acids is 4. The summed E-state index contributed by atoms with van der Waals surface area (Å²) >= 11 is 16.7. The van der Waals surface area contributed by atoms with Crippen LogP contribution in [-0.2, 0) is 0 Å². The van der Waals surface area contributed by atoms with Gasteiger partial charge in [-0.2, -0.15) is 5.10 Å². The first-order valence-corrected chi connectivity index (χ1v) is 17.9. The molecule has 1 aliphatic rings. The van der Waals surface area contributed by atoms with E-state index in [2.05, 4.69) is 15.7 Å². The molecule has 2 N–H and O–H groups in total. The van der Waals surface area contributed by atoms with Crippen LogP contribution in [0.5, 0.6) is 11.5 Å².